The third-order valence-corrected chi connectivity index (χ3v) is 6.12. The molecule has 0 saturated carbocycles. The van der Waals surface area contributed by atoms with Gasteiger partial charge in [0.2, 0.25) is 0 Å². The van der Waals surface area contributed by atoms with E-state index in [2.05, 4.69) is 4.98 Å². The van der Waals surface area contributed by atoms with Crippen molar-refractivity contribution < 1.29 is 14.3 Å². The Kier molecular flexibility index (Phi) is 6.18. The molecular weight excluding hydrogens is 412 g/mol. The van der Waals surface area contributed by atoms with Crippen LogP contribution >= 0.6 is 11.3 Å². The number of imidazole rings is 1. The number of hydrogen-bond acceptors (Lipinski definition) is 6. The van der Waals surface area contributed by atoms with Crippen LogP contribution in [0.5, 0.6) is 11.5 Å². The minimum atomic E-state index is -0.168. The Balaban J connectivity index is 1.70. The van der Waals surface area contributed by atoms with E-state index in [4.69, 9.17) is 14.5 Å². The molecule has 8 heteroatoms. The fourth-order valence-electron chi connectivity index (χ4n) is 3.51. The second kappa shape index (κ2) is 9.18. The zero-order chi connectivity index (χ0) is 21.8. The van der Waals surface area contributed by atoms with E-state index in [0.29, 0.717) is 28.7 Å². The van der Waals surface area contributed by atoms with Crippen molar-refractivity contribution in [2.45, 2.75) is 19.9 Å². The second-order valence-corrected chi connectivity index (χ2v) is 8.08. The van der Waals surface area contributed by atoms with E-state index < -0.39 is 0 Å². The minimum Gasteiger partial charge on any atom is -0.493 e. The molecule has 0 spiro atoms. The predicted molar refractivity (Wildman–Crippen MR) is 122 cm³/mol. The molecule has 0 N–H and O–H groups in total. The lowest BCUT2D eigenvalue weighted by atomic mass is 10.1. The summed E-state index contributed by atoms with van der Waals surface area (Å²) < 4.78 is 14.0. The fraction of sp³-hybridized carbons (Fsp3) is 0.261. The second-order valence-electron chi connectivity index (χ2n) is 7.07. The van der Waals surface area contributed by atoms with Crippen molar-refractivity contribution in [1.82, 2.24) is 14.5 Å². The number of rotatable bonds is 8. The lowest BCUT2D eigenvalue weighted by Gasteiger charge is -2.22. The largest absolute Gasteiger partial charge is 0.493 e. The number of anilines is 1. The van der Waals surface area contributed by atoms with Crippen molar-refractivity contribution in [1.29, 1.82) is 0 Å². The third-order valence-electron chi connectivity index (χ3n) is 5.08. The Morgan fingerprint density at radius 1 is 1.16 bits per heavy atom. The summed E-state index contributed by atoms with van der Waals surface area (Å²) in [6.45, 7) is 3.29. The monoisotopic (exact) mass is 436 g/mol. The lowest BCUT2D eigenvalue weighted by molar-refractivity contribution is 0.0982. The van der Waals surface area contributed by atoms with Crippen molar-refractivity contribution >= 4 is 32.6 Å². The number of nitrogens with zero attached hydrogens (tertiary/aromatic N) is 4. The number of thiazole rings is 1. The van der Waals surface area contributed by atoms with Crippen LogP contribution in [-0.4, -0.2) is 41.2 Å². The van der Waals surface area contributed by atoms with Gasteiger partial charge in [0.15, 0.2) is 16.6 Å². The Morgan fingerprint density at radius 2 is 2.00 bits per heavy atom. The quantitative estimate of drug-likeness (QED) is 0.405. The molecule has 0 bridgehead atoms. The van der Waals surface area contributed by atoms with Crippen LogP contribution in [0.15, 0.2) is 55.1 Å². The maximum Gasteiger partial charge on any atom is 0.263 e. The first-order chi connectivity index (χ1) is 15.1. The SMILES string of the molecule is COc1cccc(C(=O)N(CCCn2ccnc2)c2nc3c(C)cccc3s2)c1OC. The third kappa shape index (κ3) is 4.25. The standard InChI is InChI=1S/C23H24N4O3S/c1-16-7-4-10-19-20(16)25-23(31-19)27(13-6-12-26-14-11-24-15-26)22(28)17-8-5-9-18(29-2)21(17)30-3/h4-5,7-11,14-15H,6,12-13H2,1-3H3. The van der Waals surface area contributed by atoms with E-state index in [1.54, 1.807) is 49.8 Å². The summed E-state index contributed by atoms with van der Waals surface area (Å²) in [5.41, 5.74) is 2.46. The number of methoxy groups -OCH3 is 2. The number of para-hydroxylation sites is 2. The van der Waals surface area contributed by atoms with Crippen molar-refractivity contribution in [2.24, 2.45) is 0 Å². The van der Waals surface area contributed by atoms with Crippen LogP contribution in [0, 0.1) is 6.92 Å². The summed E-state index contributed by atoms with van der Waals surface area (Å²) in [6.07, 6.45) is 6.19. The summed E-state index contributed by atoms with van der Waals surface area (Å²) >= 11 is 1.52. The summed E-state index contributed by atoms with van der Waals surface area (Å²) in [5, 5.41) is 0.671. The van der Waals surface area contributed by atoms with Gasteiger partial charge in [0.05, 0.1) is 36.3 Å². The van der Waals surface area contributed by atoms with Gasteiger partial charge in [0, 0.05) is 25.5 Å². The van der Waals surface area contributed by atoms with E-state index in [9.17, 15) is 4.79 Å². The van der Waals surface area contributed by atoms with Crippen LogP contribution in [0.4, 0.5) is 5.13 Å². The Bertz CT molecular complexity index is 1190. The smallest absolute Gasteiger partial charge is 0.263 e. The zero-order valence-electron chi connectivity index (χ0n) is 17.7. The normalized spacial score (nSPS) is 10.9. The number of benzene rings is 2. The average Bonchev–Trinajstić information content (AvgIpc) is 3.46. The maximum absolute atomic E-state index is 13.7. The summed E-state index contributed by atoms with van der Waals surface area (Å²) in [4.78, 5) is 24.3. The van der Waals surface area contributed by atoms with Gasteiger partial charge in [-0.2, -0.15) is 0 Å². The van der Waals surface area contributed by atoms with Crippen LogP contribution in [-0.2, 0) is 6.54 Å². The molecule has 0 atom stereocenters. The molecule has 2 aromatic carbocycles. The molecule has 0 saturated heterocycles. The molecule has 2 heterocycles. The number of ether oxygens (including phenoxy) is 2. The van der Waals surface area contributed by atoms with Crippen LogP contribution in [0.2, 0.25) is 0 Å². The predicted octanol–water partition coefficient (Wildman–Crippen LogP) is 4.56. The van der Waals surface area contributed by atoms with E-state index in [1.807, 2.05) is 35.9 Å². The summed E-state index contributed by atoms with van der Waals surface area (Å²) in [5.74, 6) is 0.775. The maximum atomic E-state index is 13.7. The van der Waals surface area contributed by atoms with Crippen molar-refractivity contribution in [2.75, 3.05) is 25.7 Å². The number of amides is 1. The van der Waals surface area contributed by atoms with Gasteiger partial charge in [-0.3, -0.25) is 9.69 Å². The van der Waals surface area contributed by atoms with Crippen LogP contribution in [0.25, 0.3) is 10.2 Å². The molecule has 0 unspecified atom stereocenters. The molecule has 0 aliphatic carbocycles. The summed E-state index contributed by atoms with van der Waals surface area (Å²) in [7, 11) is 3.10. The highest BCUT2D eigenvalue weighted by Crippen LogP contribution is 2.35. The van der Waals surface area contributed by atoms with E-state index >= 15 is 0 Å². The first kappa shape index (κ1) is 20.9. The molecule has 7 nitrogen and oxygen atoms in total. The number of carbonyl (C=O) groups excluding carboxylic acids is 1. The van der Waals surface area contributed by atoms with Gasteiger partial charge in [-0.05, 0) is 37.1 Å². The van der Waals surface area contributed by atoms with Gasteiger partial charge in [0.25, 0.3) is 5.91 Å². The lowest BCUT2D eigenvalue weighted by Crippen LogP contribution is -2.32. The van der Waals surface area contributed by atoms with Gasteiger partial charge in [0.1, 0.15) is 0 Å². The molecule has 0 aliphatic rings. The van der Waals surface area contributed by atoms with Crippen molar-refractivity contribution in [3.8, 4) is 11.5 Å². The van der Waals surface area contributed by atoms with Gasteiger partial charge in [-0.25, -0.2) is 9.97 Å². The molecule has 31 heavy (non-hydrogen) atoms. The van der Waals surface area contributed by atoms with E-state index in [-0.39, 0.29) is 5.91 Å². The molecule has 1 amide bonds. The van der Waals surface area contributed by atoms with Gasteiger partial charge < -0.3 is 14.0 Å². The molecule has 0 fully saturated rings. The number of aromatic nitrogens is 3. The molecule has 4 rings (SSSR count). The first-order valence-electron chi connectivity index (χ1n) is 9.97. The summed E-state index contributed by atoms with van der Waals surface area (Å²) in [6, 6.07) is 11.4. The molecule has 160 valence electrons. The Hall–Kier alpha value is -3.39. The van der Waals surface area contributed by atoms with Crippen molar-refractivity contribution in [3.63, 3.8) is 0 Å². The fourth-order valence-corrected chi connectivity index (χ4v) is 4.57. The minimum absolute atomic E-state index is 0.168. The molecular formula is C23H24N4O3S. The van der Waals surface area contributed by atoms with E-state index in [1.165, 1.54) is 11.3 Å². The number of carbonyl (C=O) groups is 1. The zero-order valence-corrected chi connectivity index (χ0v) is 18.6. The number of hydrogen-bond donors (Lipinski definition) is 0. The molecule has 0 radical (unpaired) electrons. The highest BCUT2D eigenvalue weighted by molar-refractivity contribution is 7.22. The molecule has 2 aromatic heterocycles. The topological polar surface area (TPSA) is 69.5 Å². The number of fused-ring (bicyclic) bond motifs is 1. The molecule has 0 aliphatic heterocycles. The number of aryl methyl sites for hydroxylation is 2. The van der Waals surface area contributed by atoms with Crippen LogP contribution < -0.4 is 14.4 Å². The van der Waals surface area contributed by atoms with Crippen LogP contribution in [0.3, 0.4) is 0 Å². The highest BCUT2D eigenvalue weighted by Gasteiger charge is 2.25. The first-order valence-corrected chi connectivity index (χ1v) is 10.8. The van der Waals surface area contributed by atoms with Gasteiger partial charge in [-0.1, -0.05) is 29.5 Å². The van der Waals surface area contributed by atoms with Gasteiger partial charge in [-0.15, -0.1) is 0 Å². The molecule has 4 aromatic rings. The Labute approximate surface area is 184 Å². The Morgan fingerprint density at radius 3 is 2.71 bits per heavy atom. The average molecular weight is 437 g/mol. The van der Waals surface area contributed by atoms with Crippen molar-refractivity contribution in [3.05, 3.63) is 66.2 Å². The van der Waals surface area contributed by atoms with E-state index in [0.717, 1.165) is 28.7 Å². The van der Waals surface area contributed by atoms with Gasteiger partial charge >= 0.3 is 0 Å². The van der Waals surface area contributed by atoms with Crippen LogP contribution in [0.1, 0.15) is 22.3 Å². The highest BCUT2D eigenvalue weighted by atomic mass is 32.1.